The Morgan fingerprint density at radius 2 is 2.00 bits per heavy atom. The molecule has 2 aliphatic heterocycles. The van der Waals surface area contributed by atoms with Crippen molar-refractivity contribution in [1.29, 1.82) is 0 Å². The molecule has 0 aliphatic carbocycles. The van der Waals surface area contributed by atoms with Crippen LogP contribution in [0.4, 0.5) is 0 Å². The summed E-state index contributed by atoms with van der Waals surface area (Å²) in [6.45, 7) is 1.48. The Bertz CT molecular complexity index is 218. The highest BCUT2D eigenvalue weighted by Crippen LogP contribution is 2.47. The molecular formula is C12H22O3S. The molecule has 0 aromatic heterocycles. The fourth-order valence-corrected chi connectivity index (χ4v) is 4.34. The van der Waals surface area contributed by atoms with Crippen molar-refractivity contribution in [2.45, 2.75) is 37.7 Å². The summed E-state index contributed by atoms with van der Waals surface area (Å²) < 4.78 is 5.42. The molecule has 2 atom stereocenters. The van der Waals surface area contributed by atoms with Crippen molar-refractivity contribution in [3.63, 3.8) is 0 Å². The van der Waals surface area contributed by atoms with Crippen LogP contribution in [0.3, 0.4) is 0 Å². The summed E-state index contributed by atoms with van der Waals surface area (Å²) in [6.07, 6.45) is 4.41. The van der Waals surface area contributed by atoms with Gasteiger partial charge in [0.1, 0.15) is 0 Å². The first kappa shape index (κ1) is 12.7. The van der Waals surface area contributed by atoms with E-state index in [9.17, 15) is 10.2 Å². The maximum atomic E-state index is 10.9. The third-order valence-electron chi connectivity index (χ3n) is 4.15. The van der Waals surface area contributed by atoms with E-state index in [-0.39, 0.29) is 12.0 Å². The lowest BCUT2D eigenvalue weighted by Gasteiger charge is -2.48. The molecule has 0 aromatic carbocycles. The minimum absolute atomic E-state index is 0.108. The van der Waals surface area contributed by atoms with E-state index in [1.807, 2.05) is 11.8 Å². The molecular weight excluding hydrogens is 224 g/mol. The SMILES string of the molecule is OCC1(C2(O)CCCOCC2)CCCSC1. The Labute approximate surface area is 102 Å². The molecule has 0 saturated carbocycles. The second-order valence-electron chi connectivity index (χ2n) is 5.09. The normalized spacial score (nSPS) is 41.6. The molecule has 2 heterocycles. The van der Waals surface area contributed by atoms with Gasteiger partial charge in [-0.3, -0.25) is 0 Å². The zero-order valence-electron chi connectivity index (χ0n) is 9.78. The van der Waals surface area contributed by atoms with Crippen LogP contribution in [0.5, 0.6) is 0 Å². The molecule has 2 unspecified atom stereocenters. The second-order valence-corrected chi connectivity index (χ2v) is 6.20. The first-order valence-electron chi connectivity index (χ1n) is 6.21. The fourth-order valence-electron chi connectivity index (χ4n) is 2.96. The summed E-state index contributed by atoms with van der Waals surface area (Å²) in [5.74, 6) is 2.05. The first-order chi connectivity index (χ1) is 7.72. The molecule has 0 radical (unpaired) electrons. The van der Waals surface area contributed by atoms with Crippen LogP contribution in [0.25, 0.3) is 0 Å². The summed E-state index contributed by atoms with van der Waals surface area (Å²) in [4.78, 5) is 0. The minimum atomic E-state index is -0.717. The molecule has 94 valence electrons. The van der Waals surface area contributed by atoms with E-state index in [0.29, 0.717) is 13.0 Å². The first-order valence-corrected chi connectivity index (χ1v) is 7.37. The number of thioether (sulfide) groups is 1. The van der Waals surface area contributed by atoms with Gasteiger partial charge >= 0.3 is 0 Å². The number of ether oxygens (including phenoxy) is 1. The van der Waals surface area contributed by atoms with Crippen LogP contribution in [0, 0.1) is 5.41 Å². The maximum Gasteiger partial charge on any atom is 0.0756 e. The number of aliphatic hydroxyl groups is 2. The van der Waals surface area contributed by atoms with Crippen LogP contribution < -0.4 is 0 Å². The zero-order valence-corrected chi connectivity index (χ0v) is 10.6. The minimum Gasteiger partial charge on any atom is -0.396 e. The molecule has 2 aliphatic rings. The summed E-state index contributed by atoms with van der Waals surface area (Å²) in [6, 6.07) is 0. The topological polar surface area (TPSA) is 49.7 Å². The standard InChI is InChI=1S/C12H22O3S/c13-9-11(3-2-8-16-10-11)12(14)4-1-6-15-7-5-12/h13-14H,1-10H2. The number of rotatable bonds is 2. The number of hydrogen-bond donors (Lipinski definition) is 2. The van der Waals surface area contributed by atoms with Crippen LogP contribution in [-0.4, -0.2) is 47.1 Å². The van der Waals surface area contributed by atoms with Crippen molar-refractivity contribution in [2.75, 3.05) is 31.3 Å². The van der Waals surface area contributed by atoms with Gasteiger partial charge in [0.25, 0.3) is 0 Å². The third kappa shape index (κ3) is 2.26. The summed E-state index contributed by atoms with van der Waals surface area (Å²) >= 11 is 1.86. The zero-order chi connectivity index (χ0) is 11.5. The third-order valence-corrected chi connectivity index (χ3v) is 5.49. The maximum absolute atomic E-state index is 10.9. The number of aliphatic hydroxyl groups excluding tert-OH is 1. The second kappa shape index (κ2) is 5.25. The summed E-state index contributed by atoms with van der Waals surface area (Å²) in [5, 5.41) is 20.6. The van der Waals surface area contributed by atoms with E-state index in [1.165, 1.54) is 0 Å². The molecule has 2 N–H and O–H groups in total. The Hall–Kier alpha value is 0.230. The van der Waals surface area contributed by atoms with Gasteiger partial charge in [0, 0.05) is 30.8 Å². The van der Waals surface area contributed by atoms with Crippen LogP contribution in [-0.2, 0) is 4.74 Å². The van der Waals surface area contributed by atoms with Gasteiger partial charge in [0.05, 0.1) is 12.2 Å². The van der Waals surface area contributed by atoms with Gasteiger partial charge in [-0.05, 0) is 31.4 Å². The Kier molecular flexibility index (Phi) is 4.16. The summed E-state index contributed by atoms with van der Waals surface area (Å²) in [7, 11) is 0. The van der Waals surface area contributed by atoms with Gasteiger partial charge in [0.2, 0.25) is 0 Å². The van der Waals surface area contributed by atoms with Crippen molar-refractivity contribution in [3.05, 3.63) is 0 Å². The van der Waals surface area contributed by atoms with E-state index >= 15 is 0 Å². The average molecular weight is 246 g/mol. The Morgan fingerprint density at radius 3 is 2.69 bits per heavy atom. The van der Waals surface area contributed by atoms with Crippen LogP contribution in [0.15, 0.2) is 0 Å². The smallest absolute Gasteiger partial charge is 0.0756 e. The highest BCUT2D eigenvalue weighted by atomic mass is 32.2. The Morgan fingerprint density at radius 1 is 1.12 bits per heavy atom. The largest absolute Gasteiger partial charge is 0.396 e. The van der Waals surface area contributed by atoms with Gasteiger partial charge in [-0.2, -0.15) is 11.8 Å². The van der Waals surface area contributed by atoms with Gasteiger partial charge in [-0.25, -0.2) is 0 Å². The van der Waals surface area contributed by atoms with E-state index in [2.05, 4.69) is 0 Å². The molecule has 0 aromatic rings. The van der Waals surface area contributed by atoms with Crippen molar-refractivity contribution in [3.8, 4) is 0 Å². The molecule has 16 heavy (non-hydrogen) atoms. The van der Waals surface area contributed by atoms with Crippen molar-refractivity contribution < 1.29 is 14.9 Å². The van der Waals surface area contributed by atoms with E-state index in [4.69, 9.17) is 4.74 Å². The van der Waals surface area contributed by atoms with Crippen molar-refractivity contribution >= 4 is 11.8 Å². The lowest BCUT2D eigenvalue weighted by molar-refractivity contribution is -0.113. The molecule has 3 nitrogen and oxygen atoms in total. The van der Waals surface area contributed by atoms with Gasteiger partial charge in [0.15, 0.2) is 0 Å². The molecule has 2 fully saturated rings. The quantitative estimate of drug-likeness (QED) is 0.774. The molecule has 0 amide bonds. The lowest BCUT2D eigenvalue weighted by atomic mass is 9.67. The monoisotopic (exact) mass is 246 g/mol. The predicted octanol–water partition coefficient (Wildman–Crippen LogP) is 1.42. The van der Waals surface area contributed by atoms with Crippen LogP contribution >= 0.6 is 11.8 Å². The predicted molar refractivity (Wildman–Crippen MR) is 65.7 cm³/mol. The van der Waals surface area contributed by atoms with Gasteiger partial charge < -0.3 is 14.9 Å². The van der Waals surface area contributed by atoms with Gasteiger partial charge in [-0.1, -0.05) is 0 Å². The van der Waals surface area contributed by atoms with E-state index in [0.717, 1.165) is 43.8 Å². The highest BCUT2D eigenvalue weighted by Gasteiger charge is 2.50. The Balaban J connectivity index is 2.16. The van der Waals surface area contributed by atoms with E-state index in [1.54, 1.807) is 0 Å². The molecule has 0 spiro atoms. The summed E-state index contributed by atoms with van der Waals surface area (Å²) in [5.41, 5.74) is -1.00. The highest BCUT2D eigenvalue weighted by molar-refractivity contribution is 7.99. The van der Waals surface area contributed by atoms with E-state index < -0.39 is 5.60 Å². The van der Waals surface area contributed by atoms with Crippen molar-refractivity contribution in [2.24, 2.45) is 5.41 Å². The van der Waals surface area contributed by atoms with Gasteiger partial charge in [-0.15, -0.1) is 0 Å². The average Bonchev–Trinajstić information content (AvgIpc) is 2.56. The fraction of sp³-hybridized carbons (Fsp3) is 1.00. The van der Waals surface area contributed by atoms with Crippen LogP contribution in [0.2, 0.25) is 0 Å². The molecule has 2 saturated heterocycles. The number of hydrogen-bond acceptors (Lipinski definition) is 4. The molecule has 0 bridgehead atoms. The molecule has 4 heteroatoms. The lowest BCUT2D eigenvalue weighted by Crippen LogP contribution is -2.54. The molecule has 2 rings (SSSR count). The van der Waals surface area contributed by atoms with Crippen LogP contribution in [0.1, 0.15) is 32.1 Å². The van der Waals surface area contributed by atoms with Crippen molar-refractivity contribution in [1.82, 2.24) is 0 Å².